The lowest BCUT2D eigenvalue weighted by Gasteiger charge is -2.74. The van der Waals surface area contributed by atoms with Crippen molar-refractivity contribution in [2.45, 2.75) is 97.8 Å². The Morgan fingerprint density at radius 1 is 0.697 bits per heavy atom. The summed E-state index contributed by atoms with van der Waals surface area (Å²) in [7, 11) is 0. The van der Waals surface area contributed by atoms with Crippen LogP contribution in [0, 0.1) is 36.0 Å². The highest BCUT2D eigenvalue weighted by atomic mass is 16.3. The number of rotatable bonds is 3. The molecule has 0 aromatic heterocycles. The first-order chi connectivity index (χ1) is 15.3. The molecule has 178 valence electrons. The topological polar surface area (TPSA) is 40.5 Å². The molecule has 2 atom stereocenters. The first-order valence-electron chi connectivity index (χ1n) is 12.9. The molecule has 2 aromatic carbocycles. The summed E-state index contributed by atoms with van der Waals surface area (Å²) in [6, 6.07) is 12.7. The Bertz CT molecular complexity index is 1030. The maximum Gasteiger partial charge on any atom is 0.119 e. The summed E-state index contributed by atoms with van der Waals surface area (Å²) in [5.74, 6) is 1.48. The van der Waals surface area contributed by atoms with E-state index >= 15 is 0 Å². The molecule has 0 amide bonds. The van der Waals surface area contributed by atoms with Crippen LogP contribution in [-0.4, -0.2) is 10.2 Å². The number of benzene rings is 2. The first-order valence-corrected chi connectivity index (χ1v) is 12.9. The molecule has 0 radical (unpaired) electrons. The molecule has 2 heteroatoms. The second kappa shape index (κ2) is 6.80. The number of aromatic hydroxyl groups is 2. The van der Waals surface area contributed by atoms with Gasteiger partial charge in [0.25, 0.3) is 0 Å². The average Bonchev–Trinajstić information content (AvgIpc) is 2.65. The van der Waals surface area contributed by atoms with Gasteiger partial charge >= 0.3 is 0 Å². The molecule has 2 nitrogen and oxygen atoms in total. The normalized spacial score (nSPS) is 35.4. The van der Waals surface area contributed by atoms with Crippen molar-refractivity contribution in [3.8, 4) is 11.5 Å². The Balaban J connectivity index is 1.81. The van der Waals surface area contributed by atoms with Gasteiger partial charge < -0.3 is 10.2 Å². The van der Waals surface area contributed by atoms with E-state index in [9.17, 15) is 10.2 Å². The fourth-order valence-electron chi connectivity index (χ4n) is 8.87. The molecule has 0 heterocycles. The van der Waals surface area contributed by atoms with E-state index in [1.54, 1.807) is 0 Å². The number of hydrogen-bond donors (Lipinski definition) is 2. The fourth-order valence-corrected chi connectivity index (χ4v) is 8.87. The van der Waals surface area contributed by atoms with E-state index in [0.717, 1.165) is 54.4 Å². The van der Waals surface area contributed by atoms with Crippen molar-refractivity contribution in [3.05, 3.63) is 58.7 Å². The van der Waals surface area contributed by atoms with E-state index < -0.39 is 0 Å². The van der Waals surface area contributed by atoms with E-state index in [1.165, 1.54) is 6.42 Å². The maximum atomic E-state index is 11.3. The summed E-state index contributed by atoms with van der Waals surface area (Å²) in [5.41, 5.74) is 4.88. The first kappa shape index (κ1) is 22.8. The molecule has 2 unspecified atom stereocenters. The fraction of sp³-hybridized carbons (Fsp3) is 0.613. The molecule has 2 aromatic rings. The number of phenolic OH excluding ortho intramolecular Hbond substituents is 2. The van der Waals surface area contributed by atoms with Crippen molar-refractivity contribution in [3.63, 3.8) is 0 Å². The van der Waals surface area contributed by atoms with Crippen LogP contribution in [0.25, 0.3) is 0 Å². The second-order valence-corrected chi connectivity index (χ2v) is 13.7. The van der Waals surface area contributed by atoms with E-state index in [2.05, 4.69) is 72.7 Å². The van der Waals surface area contributed by atoms with E-state index in [0.29, 0.717) is 17.4 Å². The monoisotopic (exact) mass is 446 g/mol. The predicted molar refractivity (Wildman–Crippen MR) is 136 cm³/mol. The Kier molecular flexibility index (Phi) is 4.70. The molecule has 0 spiro atoms. The minimum atomic E-state index is -0.0680. The summed E-state index contributed by atoms with van der Waals surface area (Å²) < 4.78 is 0. The highest BCUT2D eigenvalue weighted by Crippen LogP contribution is 2.79. The van der Waals surface area contributed by atoms with E-state index in [4.69, 9.17) is 0 Å². The summed E-state index contributed by atoms with van der Waals surface area (Å²) in [6.07, 6.45) is 6.80. The molecule has 6 rings (SSSR count). The smallest absolute Gasteiger partial charge is 0.119 e. The highest BCUT2D eigenvalue weighted by molar-refractivity contribution is 5.50. The Morgan fingerprint density at radius 3 is 1.52 bits per heavy atom. The van der Waals surface area contributed by atoms with Gasteiger partial charge in [-0.25, -0.2) is 0 Å². The van der Waals surface area contributed by atoms with Gasteiger partial charge in [-0.2, -0.15) is 0 Å². The SMILES string of the molecule is Cc1ccc(C23CC4(c5ccc(C)cc5O)CC(C(C)C)(C2)CC(C(C)(C)C)(C3)C4)c(O)c1. The minimum absolute atomic E-state index is 0.0680. The van der Waals surface area contributed by atoms with Crippen LogP contribution in [0.3, 0.4) is 0 Å². The standard InChI is InChI=1S/C31H42O2/c1-20(2)28-14-29(23-10-8-21(3)12-25(23)32)16-30(15-28,24-11-9-22(4)13-26(24)33)19-31(17-28,18-29)27(5,6)7/h8-13,20,32-33H,14-19H2,1-7H3. The van der Waals surface area contributed by atoms with Gasteiger partial charge in [-0.15, -0.1) is 0 Å². The second-order valence-electron chi connectivity index (χ2n) is 13.7. The van der Waals surface area contributed by atoms with Crippen LogP contribution in [0.15, 0.2) is 36.4 Å². The largest absolute Gasteiger partial charge is 0.508 e. The number of aryl methyl sites for hydroxylation is 2. The Labute approximate surface area is 200 Å². The number of phenols is 2. The Hall–Kier alpha value is -1.96. The van der Waals surface area contributed by atoms with Gasteiger partial charge in [0.15, 0.2) is 0 Å². The van der Waals surface area contributed by atoms with Crippen molar-refractivity contribution < 1.29 is 10.2 Å². The number of hydrogen-bond acceptors (Lipinski definition) is 2. The summed E-state index contributed by atoms with van der Waals surface area (Å²) >= 11 is 0. The van der Waals surface area contributed by atoms with Crippen molar-refractivity contribution in [2.75, 3.05) is 0 Å². The summed E-state index contributed by atoms with van der Waals surface area (Å²) in [5, 5.41) is 22.5. The molecule has 4 aliphatic rings. The van der Waals surface area contributed by atoms with Crippen LogP contribution >= 0.6 is 0 Å². The molecule has 33 heavy (non-hydrogen) atoms. The van der Waals surface area contributed by atoms with E-state index in [-0.39, 0.29) is 27.1 Å². The van der Waals surface area contributed by atoms with Crippen molar-refractivity contribution in [2.24, 2.45) is 22.2 Å². The summed E-state index contributed by atoms with van der Waals surface area (Å²) in [4.78, 5) is 0. The zero-order valence-electron chi connectivity index (χ0n) is 21.7. The third kappa shape index (κ3) is 3.12. The van der Waals surface area contributed by atoms with Gasteiger partial charge in [-0.3, -0.25) is 0 Å². The van der Waals surface area contributed by atoms with Crippen LogP contribution in [-0.2, 0) is 10.8 Å². The minimum Gasteiger partial charge on any atom is -0.508 e. The average molecular weight is 447 g/mol. The van der Waals surface area contributed by atoms with Crippen LogP contribution in [0.2, 0.25) is 0 Å². The third-order valence-corrected chi connectivity index (χ3v) is 10.4. The van der Waals surface area contributed by atoms with Gasteiger partial charge in [-0.1, -0.05) is 58.9 Å². The quantitative estimate of drug-likeness (QED) is 0.502. The zero-order chi connectivity index (χ0) is 24.0. The van der Waals surface area contributed by atoms with Crippen LogP contribution in [0.5, 0.6) is 11.5 Å². The van der Waals surface area contributed by atoms with Gasteiger partial charge in [0.05, 0.1) is 0 Å². The van der Waals surface area contributed by atoms with Gasteiger partial charge in [-0.05, 0) is 97.8 Å². The van der Waals surface area contributed by atoms with Crippen molar-refractivity contribution >= 4 is 0 Å². The Morgan fingerprint density at radius 2 is 1.15 bits per heavy atom. The molecular formula is C31H42O2. The van der Waals surface area contributed by atoms with E-state index in [1.807, 2.05) is 12.1 Å². The van der Waals surface area contributed by atoms with Gasteiger partial charge in [0, 0.05) is 22.0 Å². The molecule has 4 bridgehead atoms. The zero-order valence-corrected chi connectivity index (χ0v) is 21.7. The molecule has 4 fully saturated rings. The van der Waals surface area contributed by atoms with Crippen molar-refractivity contribution in [1.82, 2.24) is 0 Å². The molecular weight excluding hydrogens is 404 g/mol. The molecule has 4 saturated carbocycles. The molecule has 4 aliphatic carbocycles. The van der Waals surface area contributed by atoms with Crippen molar-refractivity contribution in [1.29, 1.82) is 0 Å². The van der Waals surface area contributed by atoms with Gasteiger partial charge in [0.1, 0.15) is 11.5 Å². The lowest BCUT2D eigenvalue weighted by molar-refractivity contribution is -0.197. The molecule has 0 aliphatic heterocycles. The van der Waals surface area contributed by atoms with Crippen LogP contribution < -0.4 is 0 Å². The lowest BCUT2D eigenvalue weighted by atomic mass is 9.29. The molecule has 2 N–H and O–H groups in total. The predicted octanol–water partition coefficient (Wildman–Crippen LogP) is 7.95. The molecule has 0 saturated heterocycles. The highest BCUT2D eigenvalue weighted by Gasteiger charge is 2.71. The van der Waals surface area contributed by atoms with Crippen LogP contribution in [0.4, 0.5) is 0 Å². The maximum absolute atomic E-state index is 11.3. The van der Waals surface area contributed by atoms with Crippen LogP contribution in [0.1, 0.15) is 95.4 Å². The lowest BCUT2D eigenvalue weighted by Crippen LogP contribution is -2.68. The van der Waals surface area contributed by atoms with Gasteiger partial charge in [0.2, 0.25) is 0 Å². The summed E-state index contributed by atoms with van der Waals surface area (Å²) in [6.45, 7) is 16.2. The third-order valence-electron chi connectivity index (χ3n) is 10.4.